The van der Waals surface area contributed by atoms with Gasteiger partial charge in [0.1, 0.15) is 0 Å². The smallest absolute Gasteiger partial charge is 0.282 e. The van der Waals surface area contributed by atoms with E-state index in [4.69, 9.17) is 0 Å². The molecule has 4 heteroatoms. The highest BCUT2D eigenvalue weighted by molar-refractivity contribution is 7.85. The topological polar surface area (TPSA) is 54.4 Å². The van der Waals surface area contributed by atoms with E-state index in [0.29, 0.717) is 11.8 Å². The second-order valence-corrected chi connectivity index (χ2v) is 8.32. The van der Waals surface area contributed by atoms with Crippen molar-refractivity contribution in [2.24, 2.45) is 5.92 Å². The Balaban J connectivity index is 1.66. The third-order valence-corrected chi connectivity index (χ3v) is 6.09. The predicted octanol–water partition coefficient (Wildman–Crippen LogP) is 4.76. The van der Waals surface area contributed by atoms with Crippen molar-refractivity contribution in [2.45, 2.75) is 49.8 Å². The Hall–Kier alpha value is -1.65. The third kappa shape index (κ3) is 4.05. The van der Waals surface area contributed by atoms with E-state index in [9.17, 15) is 13.0 Å². The van der Waals surface area contributed by atoms with Crippen molar-refractivity contribution in [3.63, 3.8) is 0 Å². The Morgan fingerprint density at radius 3 is 2.29 bits per heavy atom. The molecule has 0 spiro atoms. The van der Waals surface area contributed by atoms with Gasteiger partial charge in [-0.1, -0.05) is 36.4 Å². The Bertz CT molecular complexity index is 789. The van der Waals surface area contributed by atoms with Crippen molar-refractivity contribution in [3.05, 3.63) is 65.2 Å². The molecule has 0 heterocycles. The van der Waals surface area contributed by atoms with Crippen molar-refractivity contribution < 1.29 is 13.0 Å². The zero-order valence-electron chi connectivity index (χ0n) is 14.0. The molecule has 3 rings (SSSR count). The lowest BCUT2D eigenvalue weighted by Gasteiger charge is -2.29. The van der Waals surface area contributed by atoms with Gasteiger partial charge in [-0.2, -0.15) is 8.42 Å². The summed E-state index contributed by atoms with van der Waals surface area (Å²) in [4.78, 5) is 0.000992. The Labute approximate surface area is 144 Å². The Morgan fingerprint density at radius 1 is 1.00 bits per heavy atom. The van der Waals surface area contributed by atoms with Gasteiger partial charge in [0.25, 0.3) is 10.1 Å². The monoisotopic (exact) mass is 344 g/mol. The van der Waals surface area contributed by atoms with Crippen molar-refractivity contribution in [1.82, 2.24) is 0 Å². The minimum Gasteiger partial charge on any atom is -0.282 e. The summed E-state index contributed by atoms with van der Waals surface area (Å²) in [7, 11) is -4.13. The highest BCUT2D eigenvalue weighted by Crippen LogP contribution is 2.37. The average Bonchev–Trinajstić information content (AvgIpc) is 2.57. The zero-order valence-corrected chi connectivity index (χ0v) is 14.8. The van der Waals surface area contributed by atoms with Crippen molar-refractivity contribution >= 4 is 10.1 Å². The average molecular weight is 344 g/mol. The van der Waals surface area contributed by atoms with Gasteiger partial charge in [0, 0.05) is 0 Å². The summed E-state index contributed by atoms with van der Waals surface area (Å²) < 4.78 is 31.9. The molecular weight excluding hydrogens is 320 g/mol. The number of benzene rings is 2. The highest BCUT2D eigenvalue weighted by atomic mass is 32.2. The summed E-state index contributed by atoms with van der Waals surface area (Å²) in [6.45, 7) is 2.00. The van der Waals surface area contributed by atoms with Crippen LogP contribution in [0.1, 0.15) is 48.3 Å². The molecule has 0 aromatic heterocycles. The Kier molecular flexibility index (Phi) is 5.07. The molecule has 24 heavy (non-hydrogen) atoms. The lowest BCUT2D eigenvalue weighted by atomic mass is 9.76. The third-order valence-electron chi connectivity index (χ3n) is 5.24. The summed E-state index contributed by atoms with van der Waals surface area (Å²) >= 11 is 0. The highest BCUT2D eigenvalue weighted by Gasteiger charge is 2.23. The standard InChI is InChI=1S/C20H24O3S/c1-15-7-12-20(24(21,22)23)14-19(15)13-16-8-10-18(11-9-16)17-5-3-2-4-6-17/h2-7,12,14,16,18H,8-11,13H2,1H3,(H,21,22,23). The molecule has 0 saturated heterocycles. The van der Waals surface area contributed by atoms with Crippen molar-refractivity contribution in [2.75, 3.05) is 0 Å². The summed E-state index contributed by atoms with van der Waals surface area (Å²) in [6, 6.07) is 15.6. The van der Waals surface area contributed by atoms with Crippen LogP contribution in [0.15, 0.2) is 53.4 Å². The molecule has 0 unspecified atom stereocenters. The van der Waals surface area contributed by atoms with E-state index in [2.05, 4.69) is 30.3 Å². The van der Waals surface area contributed by atoms with Crippen LogP contribution in [-0.4, -0.2) is 13.0 Å². The van der Waals surface area contributed by atoms with Crippen LogP contribution in [0.5, 0.6) is 0 Å². The first-order chi connectivity index (χ1) is 11.4. The maximum Gasteiger partial charge on any atom is 0.294 e. The van der Waals surface area contributed by atoms with Gasteiger partial charge in [-0.25, -0.2) is 0 Å². The molecule has 1 N–H and O–H groups in total. The molecule has 2 aromatic carbocycles. The van der Waals surface area contributed by atoms with Crippen LogP contribution in [0.3, 0.4) is 0 Å². The van der Waals surface area contributed by atoms with Crippen LogP contribution in [-0.2, 0) is 16.5 Å². The van der Waals surface area contributed by atoms with Crippen LogP contribution >= 0.6 is 0 Å². The minimum absolute atomic E-state index is 0.000992. The quantitative estimate of drug-likeness (QED) is 0.814. The van der Waals surface area contributed by atoms with Gasteiger partial charge in [0.15, 0.2) is 0 Å². The lowest BCUT2D eigenvalue weighted by molar-refractivity contribution is 0.324. The minimum atomic E-state index is -4.13. The molecule has 1 fully saturated rings. The summed E-state index contributed by atoms with van der Waals surface area (Å²) in [5.74, 6) is 1.23. The molecule has 0 bridgehead atoms. The van der Waals surface area contributed by atoms with Crippen molar-refractivity contribution in [3.8, 4) is 0 Å². The first-order valence-electron chi connectivity index (χ1n) is 8.55. The van der Waals surface area contributed by atoms with E-state index in [-0.39, 0.29) is 4.90 Å². The number of rotatable bonds is 4. The molecule has 0 atom stereocenters. The van der Waals surface area contributed by atoms with E-state index in [1.165, 1.54) is 24.5 Å². The maximum atomic E-state index is 11.3. The van der Waals surface area contributed by atoms with E-state index in [1.54, 1.807) is 12.1 Å². The normalized spacial score (nSPS) is 21.6. The first kappa shape index (κ1) is 17.2. The van der Waals surface area contributed by atoms with E-state index >= 15 is 0 Å². The second-order valence-electron chi connectivity index (χ2n) is 6.90. The fourth-order valence-electron chi connectivity index (χ4n) is 3.76. The number of aryl methyl sites for hydroxylation is 1. The predicted molar refractivity (Wildman–Crippen MR) is 95.8 cm³/mol. The summed E-state index contributed by atoms with van der Waals surface area (Å²) in [5.41, 5.74) is 3.56. The van der Waals surface area contributed by atoms with Gasteiger partial charge in [0.05, 0.1) is 4.90 Å². The molecule has 3 nitrogen and oxygen atoms in total. The van der Waals surface area contributed by atoms with Gasteiger partial charge in [-0.3, -0.25) is 4.55 Å². The lowest BCUT2D eigenvalue weighted by Crippen LogP contribution is -2.16. The molecule has 2 aromatic rings. The summed E-state index contributed by atoms with van der Waals surface area (Å²) in [6.07, 6.45) is 5.58. The van der Waals surface area contributed by atoms with Crippen LogP contribution < -0.4 is 0 Å². The molecule has 1 aliphatic carbocycles. The Morgan fingerprint density at radius 2 is 1.67 bits per heavy atom. The van der Waals surface area contributed by atoms with Crippen LogP contribution in [0, 0.1) is 12.8 Å². The fraction of sp³-hybridized carbons (Fsp3) is 0.400. The second kappa shape index (κ2) is 7.08. The number of hydrogen-bond acceptors (Lipinski definition) is 2. The summed E-state index contributed by atoms with van der Waals surface area (Å²) in [5, 5.41) is 0. The maximum absolute atomic E-state index is 11.3. The molecule has 0 amide bonds. The van der Waals surface area contributed by atoms with E-state index in [0.717, 1.165) is 30.4 Å². The van der Waals surface area contributed by atoms with Crippen LogP contribution in [0.4, 0.5) is 0 Å². The number of hydrogen-bond donors (Lipinski definition) is 1. The largest absolute Gasteiger partial charge is 0.294 e. The SMILES string of the molecule is Cc1ccc(S(=O)(=O)O)cc1CC1CCC(c2ccccc2)CC1. The molecule has 0 radical (unpaired) electrons. The van der Waals surface area contributed by atoms with Crippen LogP contribution in [0.25, 0.3) is 0 Å². The first-order valence-corrected chi connectivity index (χ1v) is 9.99. The van der Waals surface area contributed by atoms with E-state index in [1.807, 2.05) is 6.92 Å². The molecule has 128 valence electrons. The van der Waals surface area contributed by atoms with Crippen LogP contribution in [0.2, 0.25) is 0 Å². The van der Waals surface area contributed by atoms with Gasteiger partial charge in [-0.15, -0.1) is 0 Å². The molecule has 0 aliphatic heterocycles. The van der Waals surface area contributed by atoms with Crippen molar-refractivity contribution in [1.29, 1.82) is 0 Å². The fourth-order valence-corrected chi connectivity index (χ4v) is 4.30. The molecule has 1 aliphatic rings. The molecular formula is C20H24O3S. The van der Waals surface area contributed by atoms with Gasteiger partial charge in [0.2, 0.25) is 0 Å². The van der Waals surface area contributed by atoms with Gasteiger partial charge in [-0.05, 0) is 79.7 Å². The van der Waals surface area contributed by atoms with Gasteiger partial charge < -0.3 is 0 Å². The molecule has 1 saturated carbocycles. The zero-order chi connectivity index (χ0) is 17.2. The van der Waals surface area contributed by atoms with E-state index < -0.39 is 10.1 Å². The van der Waals surface area contributed by atoms with Gasteiger partial charge >= 0.3 is 0 Å².